The Labute approximate surface area is 187 Å². The van der Waals surface area contributed by atoms with Gasteiger partial charge in [-0.3, -0.25) is 4.79 Å². The first-order valence-electron chi connectivity index (χ1n) is 11.1. The maximum Gasteiger partial charge on any atom is 0.254 e. The molecule has 2 aliphatic heterocycles. The van der Waals surface area contributed by atoms with Gasteiger partial charge in [-0.05, 0) is 48.5 Å². The summed E-state index contributed by atoms with van der Waals surface area (Å²) in [4.78, 5) is 24.8. The molecule has 0 unspecified atom stereocenters. The third-order valence-corrected chi connectivity index (χ3v) is 5.90. The van der Waals surface area contributed by atoms with Crippen LogP contribution in [0.25, 0.3) is 11.3 Å². The first-order chi connectivity index (χ1) is 15.8. The number of benzene rings is 1. The lowest BCUT2D eigenvalue weighted by atomic mass is 10.1. The third-order valence-electron chi connectivity index (χ3n) is 5.90. The van der Waals surface area contributed by atoms with Crippen molar-refractivity contribution in [3.8, 4) is 11.3 Å². The van der Waals surface area contributed by atoms with E-state index in [4.69, 9.17) is 4.74 Å². The fraction of sp³-hybridized carbons (Fsp3) is 0.333. The van der Waals surface area contributed by atoms with Gasteiger partial charge in [0.1, 0.15) is 11.6 Å². The largest absolute Gasteiger partial charge is 0.378 e. The number of carbonyl (C=O) groups is 1. The van der Waals surface area contributed by atoms with E-state index in [0.717, 1.165) is 54.8 Å². The number of piperazine rings is 1. The summed E-state index contributed by atoms with van der Waals surface area (Å²) in [7, 11) is 0. The lowest BCUT2D eigenvalue weighted by molar-refractivity contribution is 0.0303. The number of rotatable bonds is 5. The highest BCUT2D eigenvalue weighted by Crippen LogP contribution is 2.25. The summed E-state index contributed by atoms with van der Waals surface area (Å²) in [6.45, 7) is 6.52. The van der Waals surface area contributed by atoms with Gasteiger partial charge in [-0.25, -0.2) is 4.98 Å². The zero-order chi connectivity index (χ0) is 21.8. The molecule has 8 nitrogen and oxygen atoms in total. The molecule has 3 N–H and O–H groups in total. The highest BCUT2D eigenvalue weighted by molar-refractivity contribution is 5.94. The van der Waals surface area contributed by atoms with E-state index in [9.17, 15) is 4.79 Å². The minimum absolute atomic E-state index is 0.0482. The first-order valence-corrected chi connectivity index (χ1v) is 11.1. The molecule has 5 rings (SSSR count). The fourth-order valence-electron chi connectivity index (χ4n) is 4.10. The quantitative estimate of drug-likeness (QED) is 0.575. The molecule has 0 spiro atoms. The maximum absolute atomic E-state index is 12.6. The van der Waals surface area contributed by atoms with Crippen molar-refractivity contribution in [2.75, 3.05) is 62.7 Å². The molecule has 8 heteroatoms. The average molecular weight is 433 g/mol. The number of aromatic nitrogens is 2. The van der Waals surface area contributed by atoms with Crippen molar-refractivity contribution < 1.29 is 9.53 Å². The highest BCUT2D eigenvalue weighted by Gasteiger charge is 2.18. The van der Waals surface area contributed by atoms with Crippen LogP contribution in [0, 0.1) is 0 Å². The first kappa shape index (κ1) is 20.5. The molecule has 0 bridgehead atoms. The van der Waals surface area contributed by atoms with Crippen LogP contribution < -0.4 is 15.5 Å². The average Bonchev–Trinajstić information content (AvgIpc) is 3.36. The van der Waals surface area contributed by atoms with Crippen LogP contribution in [-0.2, 0) is 4.74 Å². The Morgan fingerprint density at radius 2 is 1.75 bits per heavy atom. The molecule has 0 aliphatic carbocycles. The van der Waals surface area contributed by atoms with Gasteiger partial charge in [0.05, 0.1) is 13.2 Å². The lowest BCUT2D eigenvalue weighted by Crippen LogP contribution is -2.43. The molecule has 166 valence electrons. The van der Waals surface area contributed by atoms with Gasteiger partial charge >= 0.3 is 0 Å². The molecule has 3 aromatic rings. The van der Waals surface area contributed by atoms with Crippen molar-refractivity contribution in [2.45, 2.75) is 0 Å². The summed E-state index contributed by atoms with van der Waals surface area (Å²) in [6, 6.07) is 15.8. The van der Waals surface area contributed by atoms with Crippen LogP contribution in [0.3, 0.4) is 0 Å². The number of carbonyl (C=O) groups excluding carboxylic acids is 1. The summed E-state index contributed by atoms with van der Waals surface area (Å²) in [5.74, 6) is 1.95. The van der Waals surface area contributed by atoms with Crippen molar-refractivity contribution in [3.63, 3.8) is 0 Å². The van der Waals surface area contributed by atoms with Crippen LogP contribution in [0.1, 0.15) is 10.4 Å². The number of aromatic amines is 1. The van der Waals surface area contributed by atoms with Crippen molar-refractivity contribution in [1.29, 1.82) is 0 Å². The smallest absolute Gasteiger partial charge is 0.254 e. The number of nitrogens with zero attached hydrogens (tertiary/aromatic N) is 3. The topological polar surface area (TPSA) is 85.5 Å². The molecule has 2 fully saturated rings. The van der Waals surface area contributed by atoms with Gasteiger partial charge in [0.15, 0.2) is 0 Å². The predicted molar refractivity (Wildman–Crippen MR) is 126 cm³/mol. The van der Waals surface area contributed by atoms with E-state index in [1.54, 1.807) is 6.20 Å². The second-order valence-corrected chi connectivity index (χ2v) is 8.03. The van der Waals surface area contributed by atoms with E-state index in [1.807, 2.05) is 41.3 Å². The number of hydrogen-bond donors (Lipinski definition) is 3. The molecular weight excluding hydrogens is 404 g/mol. The van der Waals surface area contributed by atoms with Crippen LogP contribution in [0.2, 0.25) is 0 Å². The van der Waals surface area contributed by atoms with Gasteiger partial charge in [-0.15, -0.1) is 0 Å². The molecule has 2 aliphatic rings. The van der Waals surface area contributed by atoms with Crippen molar-refractivity contribution in [1.82, 2.24) is 20.2 Å². The predicted octanol–water partition coefficient (Wildman–Crippen LogP) is 2.70. The molecular formula is C24H28N6O2. The Bertz CT molecular complexity index is 1050. The van der Waals surface area contributed by atoms with Gasteiger partial charge in [0.25, 0.3) is 5.91 Å². The molecule has 0 atom stereocenters. The Balaban J connectivity index is 1.26. The van der Waals surface area contributed by atoms with Gasteiger partial charge in [-0.2, -0.15) is 0 Å². The van der Waals surface area contributed by atoms with Crippen LogP contribution >= 0.6 is 0 Å². The number of pyridine rings is 1. The van der Waals surface area contributed by atoms with E-state index in [0.29, 0.717) is 31.9 Å². The number of anilines is 3. The molecule has 2 saturated heterocycles. The summed E-state index contributed by atoms with van der Waals surface area (Å²) in [5, 5.41) is 6.72. The third kappa shape index (κ3) is 4.61. The molecule has 2 aromatic heterocycles. The number of morpholine rings is 1. The van der Waals surface area contributed by atoms with Gasteiger partial charge < -0.3 is 30.2 Å². The summed E-state index contributed by atoms with van der Waals surface area (Å²) in [5.41, 5.74) is 3.71. The summed E-state index contributed by atoms with van der Waals surface area (Å²) >= 11 is 0. The van der Waals surface area contributed by atoms with E-state index in [-0.39, 0.29) is 5.91 Å². The van der Waals surface area contributed by atoms with Crippen LogP contribution in [0.5, 0.6) is 0 Å². The van der Waals surface area contributed by atoms with E-state index < -0.39 is 0 Å². The number of nitrogens with one attached hydrogen (secondary N) is 3. The second-order valence-electron chi connectivity index (χ2n) is 8.03. The monoisotopic (exact) mass is 432 g/mol. The zero-order valence-electron chi connectivity index (χ0n) is 18.0. The van der Waals surface area contributed by atoms with Gasteiger partial charge in [-0.1, -0.05) is 0 Å². The fourth-order valence-corrected chi connectivity index (χ4v) is 4.10. The van der Waals surface area contributed by atoms with Gasteiger partial charge in [0, 0.05) is 68.0 Å². The molecule has 32 heavy (non-hydrogen) atoms. The van der Waals surface area contributed by atoms with Crippen LogP contribution in [0.4, 0.5) is 17.3 Å². The molecule has 1 aromatic carbocycles. The maximum atomic E-state index is 12.6. The van der Waals surface area contributed by atoms with Crippen LogP contribution in [-0.4, -0.2) is 73.3 Å². The minimum atomic E-state index is 0.0482. The standard InChI is InChI=1S/C24H28N6O2/c31-24(30-13-15-32-16-14-30)18-1-3-20(4-2-18)27-22-17-19(7-8-26-22)21-5-6-23(28-21)29-11-9-25-10-12-29/h1-8,17,25,28H,9-16H2,(H,26,27). The van der Waals surface area contributed by atoms with Crippen molar-refractivity contribution >= 4 is 23.2 Å². The minimum Gasteiger partial charge on any atom is -0.378 e. The van der Waals surface area contributed by atoms with Crippen LogP contribution in [0.15, 0.2) is 54.7 Å². The zero-order valence-corrected chi connectivity index (χ0v) is 18.0. The molecule has 1 amide bonds. The lowest BCUT2D eigenvalue weighted by Gasteiger charge is -2.28. The second kappa shape index (κ2) is 9.42. The molecule has 0 radical (unpaired) electrons. The Kier molecular flexibility index (Phi) is 6.04. The number of H-pyrrole nitrogens is 1. The normalized spacial score (nSPS) is 16.8. The summed E-state index contributed by atoms with van der Waals surface area (Å²) in [6.07, 6.45) is 1.80. The molecule has 0 saturated carbocycles. The number of hydrogen-bond acceptors (Lipinski definition) is 6. The Morgan fingerprint density at radius 3 is 2.53 bits per heavy atom. The van der Waals surface area contributed by atoms with Gasteiger partial charge in [0.2, 0.25) is 0 Å². The van der Waals surface area contributed by atoms with E-state index in [1.165, 1.54) is 0 Å². The van der Waals surface area contributed by atoms with Crippen molar-refractivity contribution in [2.24, 2.45) is 0 Å². The Morgan fingerprint density at radius 1 is 0.969 bits per heavy atom. The van der Waals surface area contributed by atoms with E-state index in [2.05, 4.69) is 37.6 Å². The number of amides is 1. The SMILES string of the molecule is O=C(c1ccc(Nc2cc(-c3ccc(N4CCNCC4)[nH]3)ccn2)cc1)N1CCOCC1. The molecule has 4 heterocycles. The highest BCUT2D eigenvalue weighted by atomic mass is 16.5. The van der Waals surface area contributed by atoms with E-state index >= 15 is 0 Å². The summed E-state index contributed by atoms with van der Waals surface area (Å²) < 4.78 is 5.33. The number of ether oxygens (including phenoxy) is 1. The Hall–Kier alpha value is -3.36. The van der Waals surface area contributed by atoms with Crippen molar-refractivity contribution in [3.05, 3.63) is 60.3 Å².